The number of ether oxygens (including phenoxy) is 4. The van der Waals surface area contributed by atoms with Crippen LogP contribution in [0.15, 0.2) is 60.8 Å². The van der Waals surface area contributed by atoms with Crippen LogP contribution in [-0.4, -0.2) is 87.4 Å². The summed E-state index contributed by atoms with van der Waals surface area (Å²) >= 11 is 0. The molecule has 0 saturated carbocycles. The molecule has 9 nitrogen and oxygen atoms in total. The number of hydrogen-bond acceptors (Lipinski definition) is 7. The number of allylic oxidation sites excluding steroid dienone is 9. The third-order valence-corrected chi connectivity index (χ3v) is 14.6. The van der Waals surface area contributed by atoms with Gasteiger partial charge in [0.2, 0.25) is 0 Å². The van der Waals surface area contributed by atoms with Crippen molar-refractivity contribution in [3.05, 3.63) is 60.8 Å². The van der Waals surface area contributed by atoms with Crippen LogP contribution < -0.4 is 0 Å². The number of esters is 2. The number of carbonyl (C=O) groups excluding carboxylic acids is 2. The van der Waals surface area contributed by atoms with E-state index in [0.717, 1.165) is 44.9 Å². The van der Waals surface area contributed by atoms with Crippen LogP contribution in [0.1, 0.15) is 303 Å². The summed E-state index contributed by atoms with van der Waals surface area (Å²) in [5, 5.41) is 9.69. The maximum absolute atomic E-state index is 12.8. The smallest absolute Gasteiger partial charge is 0.361 e. The highest BCUT2D eigenvalue weighted by molar-refractivity contribution is 5.72. The molecule has 0 heterocycles. The summed E-state index contributed by atoms with van der Waals surface area (Å²) in [6, 6.07) is 0. The molecule has 0 bridgehead atoms. The van der Waals surface area contributed by atoms with E-state index in [2.05, 4.69) is 56.4 Å². The Balaban J connectivity index is 3.97. The van der Waals surface area contributed by atoms with Crippen molar-refractivity contribution in [2.24, 2.45) is 0 Å². The molecular formula is C69H126NO8+. The molecule has 0 amide bonds. The van der Waals surface area contributed by atoms with E-state index in [1.54, 1.807) is 6.08 Å². The summed E-state index contributed by atoms with van der Waals surface area (Å²) in [7, 11) is 5.94. The number of carboxylic acids is 1. The minimum atomic E-state index is -1.54. The Morgan fingerprint density at radius 2 is 0.718 bits per heavy atom. The van der Waals surface area contributed by atoms with Crippen LogP contribution in [0.3, 0.4) is 0 Å². The summed E-state index contributed by atoms with van der Waals surface area (Å²) in [5.74, 6) is -2.16. The zero-order valence-electron chi connectivity index (χ0n) is 51.8. The van der Waals surface area contributed by atoms with Gasteiger partial charge in [0.1, 0.15) is 13.2 Å². The van der Waals surface area contributed by atoms with Gasteiger partial charge >= 0.3 is 17.9 Å². The summed E-state index contributed by atoms with van der Waals surface area (Å²) < 4.78 is 22.7. The van der Waals surface area contributed by atoms with E-state index in [1.165, 1.54) is 225 Å². The minimum absolute atomic E-state index is 0.0279. The van der Waals surface area contributed by atoms with Crippen LogP contribution in [-0.2, 0) is 33.3 Å². The fraction of sp³-hybridized carbons (Fsp3) is 0.812. The quantitative estimate of drug-likeness (QED) is 0.0211. The number of hydrogen-bond donors (Lipinski definition) is 1. The zero-order chi connectivity index (χ0) is 56.9. The van der Waals surface area contributed by atoms with Gasteiger partial charge in [0, 0.05) is 6.42 Å². The fourth-order valence-electron chi connectivity index (χ4n) is 9.56. The van der Waals surface area contributed by atoms with Gasteiger partial charge in [0.15, 0.2) is 6.10 Å². The van der Waals surface area contributed by atoms with Gasteiger partial charge in [-0.1, -0.05) is 312 Å². The predicted octanol–water partition coefficient (Wildman–Crippen LogP) is 20.0. The van der Waals surface area contributed by atoms with E-state index in [4.69, 9.17) is 18.9 Å². The molecule has 0 aromatic rings. The van der Waals surface area contributed by atoms with Gasteiger partial charge in [-0.15, -0.1) is 0 Å². The normalized spacial score (nSPS) is 13.1. The van der Waals surface area contributed by atoms with Gasteiger partial charge < -0.3 is 28.5 Å². The van der Waals surface area contributed by atoms with E-state index in [9.17, 15) is 19.5 Å². The average molecular weight is 1100 g/mol. The van der Waals surface area contributed by atoms with Crippen LogP contribution in [0.2, 0.25) is 0 Å². The Kier molecular flexibility index (Phi) is 57.8. The minimum Gasteiger partial charge on any atom is -0.477 e. The Labute approximate surface area is 482 Å². The molecule has 0 radical (unpaired) electrons. The van der Waals surface area contributed by atoms with Crippen molar-refractivity contribution in [3.8, 4) is 0 Å². The van der Waals surface area contributed by atoms with Crippen LogP contribution in [0.5, 0.6) is 0 Å². The molecule has 9 heteroatoms. The lowest BCUT2D eigenvalue weighted by Crippen LogP contribution is -2.40. The number of carboxylic acid groups (broad SMARTS) is 1. The first-order chi connectivity index (χ1) is 38.1. The van der Waals surface area contributed by atoms with Gasteiger partial charge in [-0.05, 0) is 38.5 Å². The van der Waals surface area contributed by atoms with Crippen molar-refractivity contribution >= 4 is 17.9 Å². The SMILES string of the molecule is CC/C=C\C/C=C\C/C=C\C/C=C\C/C=C\CC(=O)OC(COC(=O)CCCCCCCCCCCCCCCCCCCCCCCCCCCCCCCCCCCCCCCC)COC(OCC[N+](C)(C)C)C(=O)O. The number of quaternary nitrogens is 1. The number of rotatable bonds is 61. The standard InChI is InChI=1S/C69H125NO8/c1-6-8-10-12-14-16-18-20-22-23-24-25-26-27-28-29-30-31-32-33-34-35-36-37-38-39-40-41-42-43-44-46-47-49-51-53-55-57-59-66(71)76-63-65(64-77-69(68(73)74)75-62-61-70(3,4)5)78-67(72)60-58-56-54-52-50-48-45-21-19-17-15-13-11-9-7-2/h9,11,15,17,21,45,50,52,56,58,65,69H,6-8,10,12-14,16,18-20,22-44,46-49,51,53-55,57,59-64H2,1-5H3/p+1/b11-9-,17-15-,45-21-,52-50-,58-56-. The highest BCUT2D eigenvalue weighted by atomic mass is 16.7. The predicted molar refractivity (Wildman–Crippen MR) is 332 cm³/mol. The number of carbonyl (C=O) groups is 3. The van der Waals surface area contributed by atoms with Crippen LogP contribution >= 0.6 is 0 Å². The molecule has 0 aliphatic heterocycles. The number of likely N-dealkylation sites (N-methyl/N-ethyl adjacent to an activating group) is 1. The summed E-state index contributed by atoms with van der Waals surface area (Å²) in [5.41, 5.74) is 0. The first-order valence-corrected chi connectivity index (χ1v) is 33.0. The zero-order valence-corrected chi connectivity index (χ0v) is 51.8. The molecule has 0 spiro atoms. The third kappa shape index (κ3) is 60.6. The highest BCUT2D eigenvalue weighted by Crippen LogP contribution is 2.18. The topological polar surface area (TPSA) is 108 Å². The lowest BCUT2D eigenvalue weighted by molar-refractivity contribution is -0.870. The van der Waals surface area contributed by atoms with Crippen LogP contribution in [0.25, 0.3) is 0 Å². The third-order valence-electron chi connectivity index (χ3n) is 14.6. The van der Waals surface area contributed by atoms with Crippen molar-refractivity contribution in [2.45, 2.75) is 315 Å². The first kappa shape index (κ1) is 75.0. The van der Waals surface area contributed by atoms with Crippen molar-refractivity contribution in [2.75, 3.05) is 47.5 Å². The lowest BCUT2D eigenvalue weighted by Gasteiger charge is -2.25. The molecule has 0 aromatic heterocycles. The lowest BCUT2D eigenvalue weighted by atomic mass is 10.0. The monoisotopic (exact) mass is 1100 g/mol. The molecule has 2 unspecified atom stereocenters. The Morgan fingerprint density at radius 3 is 1.04 bits per heavy atom. The largest absolute Gasteiger partial charge is 0.477 e. The van der Waals surface area contributed by atoms with Gasteiger partial charge in [-0.25, -0.2) is 4.79 Å². The van der Waals surface area contributed by atoms with E-state index in [1.807, 2.05) is 33.3 Å². The fourth-order valence-corrected chi connectivity index (χ4v) is 9.56. The molecule has 0 rings (SSSR count). The highest BCUT2D eigenvalue weighted by Gasteiger charge is 2.25. The molecule has 0 fully saturated rings. The molecule has 78 heavy (non-hydrogen) atoms. The molecule has 454 valence electrons. The second kappa shape index (κ2) is 60.1. The summed E-state index contributed by atoms with van der Waals surface area (Å²) in [4.78, 5) is 37.3. The van der Waals surface area contributed by atoms with E-state index in [0.29, 0.717) is 17.4 Å². The van der Waals surface area contributed by atoms with E-state index < -0.39 is 24.3 Å². The number of unbranched alkanes of at least 4 members (excludes halogenated alkanes) is 37. The Morgan fingerprint density at radius 1 is 0.397 bits per heavy atom. The van der Waals surface area contributed by atoms with E-state index in [-0.39, 0.29) is 38.6 Å². The van der Waals surface area contributed by atoms with Crippen LogP contribution in [0.4, 0.5) is 0 Å². The van der Waals surface area contributed by atoms with Gasteiger partial charge in [0.25, 0.3) is 6.29 Å². The summed E-state index contributed by atoms with van der Waals surface area (Å²) in [6.45, 7) is 4.68. The van der Waals surface area contributed by atoms with Gasteiger partial charge in [-0.2, -0.15) is 0 Å². The van der Waals surface area contributed by atoms with Crippen molar-refractivity contribution in [1.82, 2.24) is 0 Å². The molecule has 0 aromatic carbocycles. The molecule has 0 saturated heterocycles. The molecular weight excluding hydrogens is 971 g/mol. The van der Waals surface area contributed by atoms with Gasteiger partial charge in [0.05, 0.1) is 40.8 Å². The number of aliphatic carboxylic acids is 1. The van der Waals surface area contributed by atoms with Crippen LogP contribution in [0, 0.1) is 0 Å². The number of nitrogens with zero attached hydrogens (tertiary/aromatic N) is 1. The van der Waals surface area contributed by atoms with Crippen molar-refractivity contribution in [1.29, 1.82) is 0 Å². The Bertz CT molecular complexity index is 1460. The van der Waals surface area contributed by atoms with Crippen molar-refractivity contribution < 1.29 is 42.9 Å². The Hall–Kier alpha value is -3.01. The molecule has 1 N–H and O–H groups in total. The molecule has 2 atom stereocenters. The second-order valence-electron chi connectivity index (χ2n) is 23.4. The van der Waals surface area contributed by atoms with Gasteiger partial charge in [-0.3, -0.25) is 9.59 Å². The second-order valence-corrected chi connectivity index (χ2v) is 23.4. The molecule has 0 aliphatic carbocycles. The average Bonchev–Trinajstić information content (AvgIpc) is 3.41. The first-order valence-electron chi connectivity index (χ1n) is 33.0. The van der Waals surface area contributed by atoms with Crippen molar-refractivity contribution in [3.63, 3.8) is 0 Å². The molecule has 0 aliphatic rings. The maximum atomic E-state index is 12.8. The van der Waals surface area contributed by atoms with E-state index >= 15 is 0 Å². The maximum Gasteiger partial charge on any atom is 0.361 e. The summed E-state index contributed by atoms with van der Waals surface area (Å²) in [6.07, 6.45) is 75.5.